The first-order valence-electron chi connectivity index (χ1n) is 10.2. The van der Waals surface area contributed by atoms with Crippen molar-refractivity contribution in [1.29, 1.82) is 5.26 Å². The van der Waals surface area contributed by atoms with Gasteiger partial charge >= 0.3 is 0 Å². The minimum Gasteiger partial charge on any atom is -0.354 e. The van der Waals surface area contributed by atoms with Crippen LogP contribution in [0.4, 0.5) is 17.5 Å². The van der Waals surface area contributed by atoms with Gasteiger partial charge in [0.25, 0.3) is 0 Å². The van der Waals surface area contributed by atoms with Crippen LogP contribution in [0.5, 0.6) is 0 Å². The zero-order valence-electron chi connectivity index (χ0n) is 17.9. The molecule has 7 nitrogen and oxygen atoms in total. The molecule has 2 N–H and O–H groups in total. The molecule has 0 radical (unpaired) electrons. The minimum absolute atomic E-state index is 0.477. The number of rotatable bonds is 7. The molecule has 1 aliphatic heterocycles. The average Bonchev–Trinajstić information content (AvgIpc) is 3.26. The van der Waals surface area contributed by atoms with Crippen LogP contribution in [0.15, 0.2) is 77.1 Å². The van der Waals surface area contributed by atoms with Gasteiger partial charge in [0.15, 0.2) is 0 Å². The lowest BCUT2D eigenvalue weighted by Gasteiger charge is -2.20. The van der Waals surface area contributed by atoms with E-state index in [1.165, 1.54) is 11.8 Å². The Kier molecular flexibility index (Phi) is 6.68. The zero-order valence-corrected chi connectivity index (χ0v) is 18.7. The van der Waals surface area contributed by atoms with Gasteiger partial charge < -0.3 is 15.5 Å². The van der Waals surface area contributed by atoms with Crippen molar-refractivity contribution in [1.82, 2.24) is 20.3 Å². The topological polar surface area (TPSA) is 89.8 Å². The number of pyridine rings is 1. The number of nitrogens with zero attached hydrogens (tertiary/aromatic N) is 5. The Bertz CT molecular complexity index is 1180. The van der Waals surface area contributed by atoms with Crippen molar-refractivity contribution in [2.45, 2.75) is 13.3 Å². The van der Waals surface area contributed by atoms with Crippen molar-refractivity contribution < 1.29 is 0 Å². The molecule has 3 heterocycles. The van der Waals surface area contributed by atoms with Gasteiger partial charge in [-0.15, -0.1) is 0 Å². The molecule has 4 rings (SSSR count). The number of hydrogen-bond acceptors (Lipinski definition) is 8. The fraction of sp³-hybridized carbons (Fsp3) is 0.167. The molecule has 0 bridgehead atoms. The summed E-state index contributed by atoms with van der Waals surface area (Å²) >= 11 is 1.49. The Balaban J connectivity index is 1.66. The molecule has 3 aromatic rings. The van der Waals surface area contributed by atoms with Crippen LogP contribution < -0.4 is 15.5 Å². The summed E-state index contributed by atoms with van der Waals surface area (Å²) < 4.78 is 0. The summed E-state index contributed by atoms with van der Waals surface area (Å²) in [6, 6.07) is 18.1. The molecule has 0 fully saturated rings. The summed E-state index contributed by atoms with van der Waals surface area (Å²) in [6.07, 6.45) is 4.40. The first kappa shape index (κ1) is 21.4. The highest BCUT2D eigenvalue weighted by Crippen LogP contribution is 2.32. The van der Waals surface area contributed by atoms with Crippen LogP contribution in [0.1, 0.15) is 18.2 Å². The van der Waals surface area contributed by atoms with E-state index in [9.17, 15) is 5.26 Å². The number of thioether (sulfide) groups is 1. The van der Waals surface area contributed by atoms with Gasteiger partial charge in [0.05, 0.1) is 10.7 Å². The number of hydrogen-bond donors (Lipinski definition) is 2. The lowest BCUT2D eigenvalue weighted by Crippen LogP contribution is -2.16. The Morgan fingerprint density at radius 2 is 2.03 bits per heavy atom. The number of para-hydroxylation sites is 1. The van der Waals surface area contributed by atoms with E-state index in [2.05, 4.69) is 26.7 Å². The van der Waals surface area contributed by atoms with Crippen LogP contribution in [0.3, 0.4) is 0 Å². The smallest absolute Gasteiger partial charge is 0.225 e. The average molecular weight is 442 g/mol. The molecule has 8 heteroatoms. The van der Waals surface area contributed by atoms with Crippen LogP contribution in [0, 0.1) is 11.3 Å². The Labute approximate surface area is 191 Å². The SMILES string of the molecule is CC1=CS/C(=C(\C#N)c2cc(N(C)c3ccccc3)nc(NCCc3cccnc3)n2)N1. The molecule has 0 amide bonds. The Morgan fingerprint density at radius 1 is 1.19 bits per heavy atom. The Hall–Kier alpha value is -3.83. The van der Waals surface area contributed by atoms with E-state index in [1.807, 2.05) is 79.0 Å². The molecule has 32 heavy (non-hydrogen) atoms. The van der Waals surface area contributed by atoms with E-state index >= 15 is 0 Å². The monoisotopic (exact) mass is 441 g/mol. The highest BCUT2D eigenvalue weighted by atomic mass is 32.2. The second-order valence-corrected chi connectivity index (χ2v) is 8.11. The maximum Gasteiger partial charge on any atom is 0.225 e. The lowest BCUT2D eigenvalue weighted by molar-refractivity contribution is 0.965. The second-order valence-electron chi connectivity index (χ2n) is 7.23. The Morgan fingerprint density at radius 3 is 2.72 bits per heavy atom. The lowest BCUT2D eigenvalue weighted by atomic mass is 10.2. The van der Waals surface area contributed by atoms with Crippen molar-refractivity contribution in [2.75, 3.05) is 23.8 Å². The summed E-state index contributed by atoms with van der Waals surface area (Å²) in [4.78, 5) is 15.5. The third-order valence-electron chi connectivity index (χ3n) is 4.88. The predicted molar refractivity (Wildman–Crippen MR) is 130 cm³/mol. The van der Waals surface area contributed by atoms with Crippen LogP contribution in [0.2, 0.25) is 0 Å². The largest absolute Gasteiger partial charge is 0.354 e. The number of nitrogens with one attached hydrogen (secondary N) is 2. The maximum atomic E-state index is 9.90. The molecule has 0 saturated carbocycles. The number of benzene rings is 1. The van der Waals surface area contributed by atoms with E-state index in [-0.39, 0.29) is 0 Å². The molecule has 160 valence electrons. The molecule has 0 atom stereocenters. The van der Waals surface area contributed by atoms with Gasteiger partial charge in [-0.2, -0.15) is 10.2 Å². The molecule has 0 saturated heterocycles. The third kappa shape index (κ3) is 5.07. The summed E-state index contributed by atoms with van der Waals surface area (Å²) in [5.74, 6) is 1.18. The summed E-state index contributed by atoms with van der Waals surface area (Å²) in [5, 5.41) is 19.2. The number of anilines is 3. The first-order valence-corrected chi connectivity index (χ1v) is 11.1. The van der Waals surface area contributed by atoms with Crippen LogP contribution in [-0.2, 0) is 6.42 Å². The molecule has 0 aliphatic carbocycles. The number of aromatic nitrogens is 3. The van der Waals surface area contributed by atoms with Gasteiger partial charge in [-0.1, -0.05) is 36.0 Å². The van der Waals surface area contributed by atoms with Crippen LogP contribution in [-0.4, -0.2) is 28.5 Å². The van der Waals surface area contributed by atoms with Crippen molar-refractivity contribution in [3.8, 4) is 6.07 Å². The van der Waals surface area contributed by atoms with Crippen molar-refractivity contribution in [3.05, 3.63) is 88.3 Å². The number of nitriles is 1. The highest BCUT2D eigenvalue weighted by Gasteiger charge is 2.18. The fourth-order valence-electron chi connectivity index (χ4n) is 3.19. The molecule has 0 spiro atoms. The minimum atomic E-state index is 0.477. The standard InChI is InChI=1S/C24H23N7S/c1-17-16-32-23(28-17)20(14-25)21-13-22(31(2)19-8-4-3-5-9-19)30-24(29-21)27-12-10-18-7-6-11-26-15-18/h3-9,11,13,15-16,28H,10,12H2,1-2H3,(H,27,29,30)/b23-20+. The van der Waals surface area contributed by atoms with E-state index in [0.717, 1.165) is 28.4 Å². The quantitative estimate of drug-likeness (QED) is 0.511. The summed E-state index contributed by atoms with van der Waals surface area (Å²) in [7, 11) is 1.95. The third-order valence-corrected chi connectivity index (χ3v) is 5.89. The van der Waals surface area contributed by atoms with E-state index in [1.54, 1.807) is 6.20 Å². The first-order chi connectivity index (χ1) is 15.6. The summed E-state index contributed by atoms with van der Waals surface area (Å²) in [5.41, 5.74) is 4.19. The summed E-state index contributed by atoms with van der Waals surface area (Å²) in [6.45, 7) is 2.62. The van der Waals surface area contributed by atoms with E-state index in [0.29, 0.717) is 29.6 Å². The van der Waals surface area contributed by atoms with Gasteiger partial charge in [0.1, 0.15) is 17.5 Å². The normalized spacial score (nSPS) is 14.2. The fourth-order valence-corrected chi connectivity index (χ4v) is 4.03. The van der Waals surface area contributed by atoms with Crippen LogP contribution in [0.25, 0.3) is 5.57 Å². The predicted octanol–water partition coefficient (Wildman–Crippen LogP) is 4.68. The van der Waals surface area contributed by atoms with Gasteiger partial charge in [0.2, 0.25) is 5.95 Å². The van der Waals surface area contributed by atoms with Gasteiger partial charge in [-0.25, -0.2) is 4.98 Å². The van der Waals surface area contributed by atoms with Crippen LogP contribution >= 0.6 is 11.8 Å². The molecular formula is C24H23N7S. The second kappa shape index (κ2) is 9.98. The molecular weight excluding hydrogens is 418 g/mol. The molecule has 0 unspecified atom stereocenters. The molecule has 2 aromatic heterocycles. The van der Waals surface area contributed by atoms with Crippen molar-refractivity contribution in [2.24, 2.45) is 0 Å². The van der Waals surface area contributed by atoms with Crippen molar-refractivity contribution >= 4 is 34.8 Å². The zero-order chi connectivity index (χ0) is 22.3. The highest BCUT2D eigenvalue weighted by molar-refractivity contribution is 8.06. The van der Waals surface area contributed by atoms with E-state index in [4.69, 9.17) is 4.98 Å². The van der Waals surface area contributed by atoms with Gasteiger partial charge in [-0.3, -0.25) is 4.98 Å². The van der Waals surface area contributed by atoms with E-state index < -0.39 is 0 Å². The molecule has 1 aliphatic rings. The maximum absolute atomic E-state index is 9.90. The van der Waals surface area contributed by atoms with Gasteiger partial charge in [0, 0.05) is 43.4 Å². The molecule has 1 aromatic carbocycles. The van der Waals surface area contributed by atoms with Gasteiger partial charge in [-0.05, 0) is 42.5 Å². The van der Waals surface area contributed by atoms with Crippen molar-refractivity contribution in [3.63, 3.8) is 0 Å². The number of allylic oxidation sites excluding steroid dienone is 2.